The minimum atomic E-state index is -3.79. The molecule has 0 aliphatic carbocycles. The third-order valence-corrected chi connectivity index (χ3v) is 8.84. The van der Waals surface area contributed by atoms with E-state index in [4.69, 9.17) is 21.1 Å². The second-order valence-electron chi connectivity index (χ2n) is 7.88. The largest absolute Gasteiger partial charge is 0.454 e. The van der Waals surface area contributed by atoms with Gasteiger partial charge in [0, 0.05) is 41.6 Å². The van der Waals surface area contributed by atoms with Crippen molar-refractivity contribution in [2.45, 2.75) is 30.3 Å². The third kappa shape index (κ3) is 4.32. The van der Waals surface area contributed by atoms with E-state index in [1.165, 1.54) is 4.88 Å². The summed E-state index contributed by atoms with van der Waals surface area (Å²) in [5.41, 5.74) is 0.584. The smallest absolute Gasteiger partial charge is 0.264 e. The van der Waals surface area contributed by atoms with E-state index >= 15 is 0 Å². The maximum absolute atomic E-state index is 13.8. The SMILES string of the molecule is O=S(=O)(c1ccc(Cl)cc1)N(c1ccc2c(c1)OCO2)C1CCN(Cc2cccs2)CC1. The summed E-state index contributed by atoms with van der Waals surface area (Å²) in [5.74, 6) is 1.19. The molecule has 2 aromatic carbocycles. The van der Waals surface area contributed by atoms with Gasteiger partial charge in [0.1, 0.15) is 0 Å². The molecule has 0 atom stereocenters. The molecule has 9 heteroatoms. The summed E-state index contributed by atoms with van der Waals surface area (Å²) in [5, 5.41) is 2.59. The first-order valence-electron chi connectivity index (χ1n) is 10.4. The van der Waals surface area contributed by atoms with Crippen LogP contribution in [0.2, 0.25) is 5.02 Å². The zero-order valence-corrected chi connectivity index (χ0v) is 19.7. The number of fused-ring (bicyclic) bond motifs is 1. The van der Waals surface area contributed by atoms with Gasteiger partial charge in [-0.25, -0.2) is 8.42 Å². The number of hydrogen-bond acceptors (Lipinski definition) is 6. The molecule has 0 N–H and O–H groups in total. The summed E-state index contributed by atoms with van der Waals surface area (Å²) in [7, 11) is -3.79. The van der Waals surface area contributed by atoms with Gasteiger partial charge < -0.3 is 9.47 Å². The highest BCUT2D eigenvalue weighted by Gasteiger charge is 2.35. The number of hydrogen-bond donors (Lipinski definition) is 0. The highest BCUT2D eigenvalue weighted by Crippen LogP contribution is 2.39. The number of ether oxygens (including phenoxy) is 2. The second-order valence-corrected chi connectivity index (χ2v) is 11.2. The molecule has 1 fully saturated rings. The van der Waals surface area contributed by atoms with Crippen LogP contribution in [0.4, 0.5) is 5.69 Å². The first-order chi connectivity index (χ1) is 15.5. The molecule has 0 unspecified atom stereocenters. The van der Waals surface area contributed by atoms with Crippen LogP contribution >= 0.6 is 22.9 Å². The summed E-state index contributed by atoms with van der Waals surface area (Å²) >= 11 is 7.75. The number of thiophene rings is 1. The molecule has 0 spiro atoms. The van der Waals surface area contributed by atoms with Gasteiger partial charge in [-0.3, -0.25) is 9.21 Å². The third-order valence-electron chi connectivity index (χ3n) is 5.83. The van der Waals surface area contributed by atoms with Gasteiger partial charge in [0.15, 0.2) is 11.5 Å². The number of benzene rings is 2. The van der Waals surface area contributed by atoms with Crippen LogP contribution in [0.25, 0.3) is 0 Å². The van der Waals surface area contributed by atoms with Gasteiger partial charge in [-0.2, -0.15) is 0 Å². The monoisotopic (exact) mass is 490 g/mol. The summed E-state index contributed by atoms with van der Waals surface area (Å²) in [6.45, 7) is 2.71. The average molecular weight is 491 g/mol. The molecule has 2 aliphatic heterocycles. The van der Waals surface area contributed by atoms with E-state index in [0.717, 1.165) is 32.5 Å². The normalized spacial score (nSPS) is 16.9. The summed E-state index contributed by atoms with van der Waals surface area (Å²) in [4.78, 5) is 3.93. The number of anilines is 1. The van der Waals surface area contributed by atoms with Crippen LogP contribution < -0.4 is 13.8 Å². The predicted molar refractivity (Wildman–Crippen MR) is 126 cm³/mol. The van der Waals surface area contributed by atoms with Crippen LogP contribution in [0.3, 0.4) is 0 Å². The topological polar surface area (TPSA) is 59.1 Å². The Morgan fingerprint density at radius 2 is 1.78 bits per heavy atom. The zero-order valence-electron chi connectivity index (χ0n) is 17.3. The van der Waals surface area contributed by atoms with Gasteiger partial charge in [0.05, 0.1) is 10.6 Å². The lowest BCUT2D eigenvalue weighted by molar-refractivity contribution is 0.174. The van der Waals surface area contributed by atoms with E-state index in [2.05, 4.69) is 22.4 Å². The molecule has 1 saturated heterocycles. The molecule has 1 aromatic heterocycles. The highest BCUT2D eigenvalue weighted by molar-refractivity contribution is 7.92. The first-order valence-corrected chi connectivity index (χ1v) is 13.1. The number of halogens is 1. The molecule has 0 bridgehead atoms. The van der Waals surface area contributed by atoms with Crippen LogP contribution in [0.5, 0.6) is 11.5 Å². The van der Waals surface area contributed by atoms with Crippen LogP contribution in [-0.4, -0.2) is 39.2 Å². The zero-order chi connectivity index (χ0) is 22.1. The summed E-state index contributed by atoms with van der Waals surface area (Å²) in [6, 6.07) is 15.7. The van der Waals surface area contributed by atoms with Gasteiger partial charge in [-0.1, -0.05) is 17.7 Å². The number of likely N-dealkylation sites (tertiary alicyclic amines) is 1. The van der Waals surface area contributed by atoms with Gasteiger partial charge in [0.2, 0.25) is 6.79 Å². The standard InChI is InChI=1S/C23H23ClN2O4S2/c24-17-3-6-21(7-4-17)32(27,28)26(19-5-8-22-23(14-19)30-16-29-22)18-9-11-25(12-10-18)15-20-2-1-13-31-20/h1-8,13-14,18H,9-12,15-16H2. The molecule has 3 aromatic rings. The summed E-state index contributed by atoms with van der Waals surface area (Å²) in [6.07, 6.45) is 1.49. The van der Waals surface area contributed by atoms with Crippen molar-refractivity contribution in [1.29, 1.82) is 0 Å². The fraction of sp³-hybridized carbons (Fsp3) is 0.304. The van der Waals surface area contributed by atoms with Crippen molar-refractivity contribution in [2.24, 2.45) is 0 Å². The highest BCUT2D eigenvalue weighted by atomic mass is 35.5. The maximum atomic E-state index is 13.8. The van der Waals surface area contributed by atoms with Crippen molar-refractivity contribution in [3.05, 3.63) is 69.9 Å². The first kappa shape index (κ1) is 21.6. The lowest BCUT2D eigenvalue weighted by Crippen LogP contribution is -2.47. The van der Waals surface area contributed by atoms with Crippen molar-refractivity contribution >= 4 is 38.6 Å². The van der Waals surface area contributed by atoms with E-state index < -0.39 is 10.0 Å². The van der Waals surface area contributed by atoms with Crippen LogP contribution in [0.1, 0.15) is 17.7 Å². The molecule has 2 aliphatic rings. The Bertz CT molecular complexity index is 1180. The number of piperidine rings is 1. The Morgan fingerprint density at radius 1 is 1.03 bits per heavy atom. The number of rotatable bonds is 6. The molecule has 6 nitrogen and oxygen atoms in total. The van der Waals surface area contributed by atoms with E-state index in [9.17, 15) is 8.42 Å². The molecule has 0 radical (unpaired) electrons. The average Bonchev–Trinajstić information content (AvgIpc) is 3.47. The molecule has 3 heterocycles. The Morgan fingerprint density at radius 3 is 2.50 bits per heavy atom. The molecule has 0 saturated carbocycles. The van der Waals surface area contributed by atoms with E-state index in [-0.39, 0.29) is 17.7 Å². The fourth-order valence-electron chi connectivity index (χ4n) is 4.22. The maximum Gasteiger partial charge on any atom is 0.264 e. The number of sulfonamides is 1. The molecular weight excluding hydrogens is 468 g/mol. The molecule has 5 rings (SSSR count). The van der Waals surface area contributed by atoms with Crippen molar-refractivity contribution in [3.8, 4) is 11.5 Å². The molecule has 0 amide bonds. The minimum absolute atomic E-state index is 0.143. The lowest BCUT2D eigenvalue weighted by Gasteiger charge is -2.39. The number of nitrogens with zero attached hydrogens (tertiary/aromatic N) is 2. The Balaban J connectivity index is 1.44. The quantitative estimate of drug-likeness (QED) is 0.487. The lowest BCUT2D eigenvalue weighted by atomic mass is 10.0. The molecule has 32 heavy (non-hydrogen) atoms. The fourth-order valence-corrected chi connectivity index (χ4v) is 6.80. The summed E-state index contributed by atoms with van der Waals surface area (Å²) < 4.78 is 40.1. The molecular formula is C23H23ClN2O4S2. The van der Waals surface area contributed by atoms with Gasteiger partial charge in [-0.15, -0.1) is 11.3 Å². The van der Waals surface area contributed by atoms with Crippen molar-refractivity contribution in [2.75, 3.05) is 24.2 Å². The van der Waals surface area contributed by atoms with E-state index in [1.807, 2.05) is 0 Å². The van der Waals surface area contributed by atoms with Crippen molar-refractivity contribution in [1.82, 2.24) is 4.90 Å². The minimum Gasteiger partial charge on any atom is -0.454 e. The van der Waals surface area contributed by atoms with E-state index in [1.54, 1.807) is 58.1 Å². The Labute approximate surface area is 197 Å². The van der Waals surface area contributed by atoms with Crippen LogP contribution in [-0.2, 0) is 16.6 Å². The molecule has 168 valence electrons. The predicted octanol–water partition coefficient (Wildman–Crippen LogP) is 4.99. The Kier molecular flexibility index (Phi) is 6.03. The van der Waals surface area contributed by atoms with Crippen LogP contribution in [0, 0.1) is 0 Å². The van der Waals surface area contributed by atoms with Gasteiger partial charge >= 0.3 is 0 Å². The van der Waals surface area contributed by atoms with E-state index in [0.29, 0.717) is 22.2 Å². The van der Waals surface area contributed by atoms with Gasteiger partial charge in [0.25, 0.3) is 10.0 Å². The van der Waals surface area contributed by atoms with Crippen molar-refractivity contribution < 1.29 is 17.9 Å². The van der Waals surface area contributed by atoms with Crippen molar-refractivity contribution in [3.63, 3.8) is 0 Å². The second kappa shape index (κ2) is 8.94. The van der Waals surface area contributed by atoms with Gasteiger partial charge in [-0.05, 0) is 60.7 Å². The van der Waals surface area contributed by atoms with Crippen LogP contribution in [0.15, 0.2) is 64.9 Å². The Hall–Kier alpha value is -2.26.